The van der Waals surface area contributed by atoms with E-state index in [1.165, 1.54) is 11.1 Å². The van der Waals surface area contributed by atoms with Gasteiger partial charge in [0, 0.05) is 18.8 Å². The molecule has 1 atom stereocenters. The summed E-state index contributed by atoms with van der Waals surface area (Å²) in [6, 6.07) is 15.9. The predicted molar refractivity (Wildman–Crippen MR) is 122 cm³/mol. The van der Waals surface area contributed by atoms with Crippen molar-refractivity contribution in [1.29, 1.82) is 0 Å². The van der Waals surface area contributed by atoms with Gasteiger partial charge in [0.2, 0.25) is 11.8 Å². The minimum absolute atomic E-state index is 0.0113. The van der Waals surface area contributed by atoms with Crippen LogP contribution >= 0.6 is 11.8 Å². The van der Waals surface area contributed by atoms with Crippen molar-refractivity contribution in [2.75, 3.05) is 12.3 Å². The first-order chi connectivity index (χ1) is 13.9. The van der Waals surface area contributed by atoms with Crippen LogP contribution in [0, 0.1) is 13.8 Å². The van der Waals surface area contributed by atoms with Crippen molar-refractivity contribution < 1.29 is 9.59 Å². The van der Waals surface area contributed by atoms with E-state index in [1.807, 2.05) is 39.0 Å². The van der Waals surface area contributed by atoms with Gasteiger partial charge in [-0.25, -0.2) is 0 Å². The summed E-state index contributed by atoms with van der Waals surface area (Å²) in [6.07, 6.45) is 0.872. The van der Waals surface area contributed by atoms with Crippen LogP contribution < -0.4 is 5.32 Å². The summed E-state index contributed by atoms with van der Waals surface area (Å²) in [5, 5.41) is 2.91. The second-order valence-corrected chi connectivity index (χ2v) is 8.44. The van der Waals surface area contributed by atoms with Crippen molar-refractivity contribution >= 4 is 23.6 Å². The molecule has 0 aliphatic rings. The molecule has 2 amide bonds. The van der Waals surface area contributed by atoms with Crippen molar-refractivity contribution in [2.24, 2.45) is 0 Å². The lowest BCUT2D eigenvalue weighted by Gasteiger charge is -2.29. The number of carbonyl (C=O) groups is 2. The second kappa shape index (κ2) is 11.7. The fourth-order valence-corrected chi connectivity index (χ4v) is 3.88. The quantitative estimate of drug-likeness (QED) is 0.626. The zero-order valence-corrected chi connectivity index (χ0v) is 18.7. The zero-order chi connectivity index (χ0) is 21.2. The number of nitrogens with zero attached hydrogens (tertiary/aromatic N) is 1. The Balaban J connectivity index is 2.04. The maximum absolute atomic E-state index is 13.0. The van der Waals surface area contributed by atoms with Crippen LogP contribution in [0.3, 0.4) is 0 Å². The van der Waals surface area contributed by atoms with Crippen molar-refractivity contribution in [3.8, 4) is 0 Å². The average Bonchev–Trinajstić information content (AvgIpc) is 2.71. The normalized spacial score (nSPS) is 11.7. The summed E-state index contributed by atoms with van der Waals surface area (Å²) in [5.41, 5.74) is 4.61. The molecule has 0 bridgehead atoms. The highest BCUT2D eigenvalue weighted by molar-refractivity contribution is 7.99. The zero-order valence-electron chi connectivity index (χ0n) is 17.9. The van der Waals surface area contributed by atoms with Gasteiger partial charge in [-0.15, -0.1) is 11.8 Å². The molecule has 0 saturated carbocycles. The number of aryl methyl sites for hydroxylation is 2. The van der Waals surface area contributed by atoms with Crippen LogP contribution in [0.25, 0.3) is 0 Å². The van der Waals surface area contributed by atoms with E-state index in [1.54, 1.807) is 16.7 Å². The van der Waals surface area contributed by atoms with E-state index in [0.717, 1.165) is 23.3 Å². The molecule has 0 fully saturated rings. The highest BCUT2D eigenvalue weighted by atomic mass is 32.2. The molecule has 2 aromatic carbocycles. The molecule has 0 spiro atoms. The molecule has 0 radical (unpaired) electrons. The minimum Gasteiger partial charge on any atom is -0.354 e. The van der Waals surface area contributed by atoms with E-state index >= 15 is 0 Å². The van der Waals surface area contributed by atoms with Gasteiger partial charge in [0.05, 0.1) is 5.75 Å². The lowest BCUT2D eigenvalue weighted by molar-refractivity contribution is -0.138. The third kappa shape index (κ3) is 7.58. The van der Waals surface area contributed by atoms with Gasteiger partial charge >= 0.3 is 0 Å². The Kier molecular flexibility index (Phi) is 9.26. The van der Waals surface area contributed by atoms with Crippen LogP contribution in [0.15, 0.2) is 48.5 Å². The maximum atomic E-state index is 13.0. The topological polar surface area (TPSA) is 49.4 Å². The third-order valence-electron chi connectivity index (χ3n) is 4.77. The van der Waals surface area contributed by atoms with Gasteiger partial charge in [0.15, 0.2) is 0 Å². The Labute approximate surface area is 179 Å². The van der Waals surface area contributed by atoms with Gasteiger partial charge in [-0.3, -0.25) is 9.59 Å². The Hall–Kier alpha value is -2.27. The van der Waals surface area contributed by atoms with Crippen LogP contribution in [-0.2, 0) is 21.9 Å². The van der Waals surface area contributed by atoms with Crippen LogP contribution in [-0.4, -0.2) is 35.1 Å². The van der Waals surface area contributed by atoms with E-state index in [0.29, 0.717) is 18.8 Å². The Morgan fingerprint density at radius 3 is 2.41 bits per heavy atom. The molecule has 2 aromatic rings. The number of hydrogen-bond acceptors (Lipinski definition) is 3. The highest BCUT2D eigenvalue weighted by Gasteiger charge is 2.25. The summed E-state index contributed by atoms with van der Waals surface area (Å²) < 4.78 is 0. The average molecular weight is 413 g/mol. The molecule has 0 aliphatic carbocycles. The van der Waals surface area contributed by atoms with Gasteiger partial charge < -0.3 is 10.2 Å². The van der Waals surface area contributed by atoms with E-state index in [9.17, 15) is 9.59 Å². The third-order valence-corrected chi connectivity index (χ3v) is 5.76. The molecule has 0 heterocycles. The number of amides is 2. The Bertz CT molecular complexity index is 805. The standard InChI is InChI=1S/C24H32N2O2S/c1-5-13-25-24(28)20(4)26(15-22-8-6-7-19(3)14-22)23(27)17-29-16-21-11-9-18(2)10-12-21/h6-12,14,20H,5,13,15-17H2,1-4H3,(H,25,28)/t20-/m1/s1. The molecular weight excluding hydrogens is 380 g/mol. The molecule has 156 valence electrons. The van der Waals surface area contributed by atoms with E-state index in [4.69, 9.17) is 0 Å². The van der Waals surface area contributed by atoms with Crippen LogP contribution in [0.4, 0.5) is 0 Å². The first-order valence-electron chi connectivity index (χ1n) is 10.2. The lowest BCUT2D eigenvalue weighted by atomic mass is 10.1. The summed E-state index contributed by atoms with van der Waals surface area (Å²) in [5.74, 6) is 1.02. The monoisotopic (exact) mass is 412 g/mol. The molecule has 0 aromatic heterocycles. The molecule has 0 aliphatic heterocycles. The van der Waals surface area contributed by atoms with Gasteiger partial charge in [0.1, 0.15) is 6.04 Å². The van der Waals surface area contributed by atoms with Crippen LogP contribution in [0.1, 0.15) is 42.5 Å². The minimum atomic E-state index is -0.505. The van der Waals surface area contributed by atoms with Gasteiger partial charge in [0.25, 0.3) is 0 Å². The molecule has 1 N–H and O–H groups in total. The van der Waals surface area contributed by atoms with Gasteiger partial charge in [-0.05, 0) is 38.3 Å². The lowest BCUT2D eigenvalue weighted by Crippen LogP contribution is -2.48. The van der Waals surface area contributed by atoms with Crippen molar-refractivity contribution in [2.45, 2.75) is 52.5 Å². The second-order valence-electron chi connectivity index (χ2n) is 7.46. The Morgan fingerprint density at radius 2 is 1.76 bits per heavy atom. The summed E-state index contributed by atoms with van der Waals surface area (Å²) in [7, 11) is 0. The predicted octanol–water partition coefficient (Wildman–Crippen LogP) is 4.48. The molecule has 5 heteroatoms. The number of nitrogens with one attached hydrogen (secondary N) is 1. The van der Waals surface area contributed by atoms with Crippen molar-refractivity contribution in [1.82, 2.24) is 10.2 Å². The fraction of sp³-hybridized carbons (Fsp3) is 0.417. The number of benzene rings is 2. The number of hydrogen-bond donors (Lipinski definition) is 1. The summed E-state index contributed by atoms with van der Waals surface area (Å²) in [6.45, 7) is 8.98. The van der Waals surface area contributed by atoms with E-state index < -0.39 is 6.04 Å². The maximum Gasteiger partial charge on any atom is 0.242 e. The number of rotatable bonds is 10. The highest BCUT2D eigenvalue weighted by Crippen LogP contribution is 2.17. The van der Waals surface area contributed by atoms with Crippen LogP contribution in [0.2, 0.25) is 0 Å². The number of carbonyl (C=O) groups excluding carboxylic acids is 2. The molecular formula is C24H32N2O2S. The first-order valence-corrected chi connectivity index (χ1v) is 11.3. The van der Waals surface area contributed by atoms with Crippen molar-refractivity contribution in [3.05, 3.63) is 70.8 Å². The first kappa shape index (κ1) is 23.0. The van der Waals surface area contributed by atoms with Gasteiger partial charge in [-0.1, -0.05) is 66.6 Å². The smallest absolute Gasteiger partial charge is 0.242 e. The molecule has 29 heavy (non-hydrogen) atoms. The van der Waals surface area contributed by atoms with Crippen molar-refractivity contribution in [3.63, 3.8) is 0 Å². The number of thioether (sulfide) groups is 1. The molecule has 2 rings (SSSR count). The van der Waals surface area contributed by atoms with Gasteiger partial charge in [-0.2, -0.15) is 0 Å². The summed E-state index contributed by atoms with van der Waals surface area (Å²) >= 11 is 1.59. The molecule has 0 saturated heterocycles. The fourth-order valence-electron chi connectivity index (χ4n) is 3.01. The van der Waals surface area contributed by atoms with Crippen LogP contribution in [0.5, 0.6) is 0 Å². The molecule has 0 unspecified atom stereocenters. The van der Waals surface area contributed by atoms with E-state index in [-0.39, 0.29) is 11.8 Å². The summed E-state index contributed by atoms with van der Waals surface area (Å²) in [4.78, 5) is 27.2. The van der Waals surface area contributed by atoms with E-state index in [2.05, 4.69) is 42.6 Å². The Morgan fingerprint density at radius 1 is 1.03 bits per heavy atom. The largest absolute Gasteiger partial charge is 0.354 e. The molecule has 4 nitrogen and oxygen atoms in total. The SMILES string of the molecule is CCCNC(=O)[C@@H](C)N(Cc1cccc(C)c1)C(=O)CSCc1ccc(C)cc1.